The van der Waals surface area contributed by atoms with Crippen LogP contribution in [0.25, 0.3) is 5.69 Å². The second-order valence-corrected chi connectivity index (χ2v) is 4.76. The molecule has 88 valence electrons. The van der Waals surface area contributed by atoms with Crippen molar-refractivity contribution < 1.29 is 4.79 Å². The lowest BCUT2D eigenvalue weighted by Gasteiger charge is -1.98. The van der Waals surface area contributed by atoms with Crippen molar-refractivity contribution in [3.8, 4) is 5.69 Å². The normalized spacial score (nSPS) is 10.4. The highest BCUT2D eigenvalue weighted by molar-refractivity contribution is 7.12. The predicted molar refractivity (Wildman–Crippen MR) is 71.3 cm³/mol. The first-order valence-electron chi connectivity index (χ1n) is 5.53. The number of carbonyl (C=O) groups is 1. The molecular weight excluding hydrogens is 244 g/mol. The van der Waals surface area contributed by atoms with Crippen molar-refractivity contribution in [1.29, 1.82) is 0 Å². The zero-order valence-electron chi connectivity index (χ0n) is 9.48. The summed E-state index contributed by atoms with van der Waals surface area (Å²) in [5.41, 5.74) is 1.56. The Kier molecular flexibility index (Phi) is 2.78. The van der Waals surface area contributed by atoms with Gasteiger partial charge in [-0.2, -0.15) is 5.10 Å². The Morgan fingerprint density at radius 2 is 1.94 bits per heavy atom. The Hall–Kier alpha value is -2.20. The third-order valence-corrected chi connectivity index (χ3v) is 3.48. The van der Waals surface area contributed by atoms with Crippen LogP contribution in [0.5, 0.6) is 0 Å². The summed E-state index contributed by atoms with van der Waals surface area (Å²) in [7, 11) is 0. The molecule has 0 aliphatic carbocycles. The van der Waals surface area contributed by atoms with Crippen LogP contribution in [0.15, 0.2) is 60.2 Å². The largest absolute Gasteiger partial charge is 0.288 e. The third kappa shape index (κ3) is 1.98. The quantitative estimate of drug-likeness (QED) is 0.673. The molecule has 0 radical (unpaired) electrons. The van der Waals surface area contributed by atoms with Crippen LogP contribution in [0, 0.1) is 0 Å². The minimum Gasteiger partial charge on any atom is -0.288 e. The standard InChI is InChI=1S/C14H10N2OS/c17-14(13-7-4-8-18-13)11-9-15-16(10-11)12-5-2-1-3-6-12/h1-10H. The van der Waals surface area contributed by atoms with Crippen molar-refractivity contribution in [3.63, 3.8) is 0 Å². The topological polar surface area (TPSA) is 34.9 Å². The van der Waals surface area contributed by atoms with Crippen molar-refractivity contribution in [2.45, 2.75) is 0 Å². The Labute approximate surface area is 108 Å². The maximum absolute atomic E-state index is 12.1. The van der Waals surface area contributed by atoms with Gasteiger partial charge in [-0.25, -0.2) is 4.68 Å². The fraction of sp³-hybridized carbons (Fsp3) is 0. The summed E-state index contributed by atoms with van der Waals surface area (Å²) >= 11 is 1.44. The van der Waals surface area contributed by atoms with Gasteiger partial charge in [0.15, 0.2) is 0 Å². The van der Waals surface area contributed by atoms with Gasteiger partial charge in [-0.15, -0.1) is 11.3 Å². The molecule has 0 saturated heterocycles. The molecule has 3 nitrogen and oxygen atoms in total. The van der Waals surface area contributed by atoms with E-state index >= 15 is 0 Å². The molecule has 4 heteroatoms. The second-order valence-electron chi connectivity index (χ2n) is 3.82. The molecular formula is C14H10N2OS. The van der Waals surface area contributed by atoms with E-state index in [1.165, 1.54) is 11.3 Å². The fourth-order valence-electron chi connectivity index (χ4n) is 1.71. The maximum Gasteiger partial charge on any atom is 0.206 e. The lowest BCUT2D eigenvalue weighted by atomic mass is 10.2. The summed E-state index contributed by atoms with van der Waals surface area (Å²) in [5.74, 6) is 0.0205. The van der Waals surface area contributed by atoms with Gasteiger partial charge < -0.3 is 0 Å². The van der Waals surface area contributed by atoms with Gasteiger partial charge in [-0.1, -0.05) is 24.3 Å². The number of para-hydroxylation sites is 1. The van der Waals surface area contributed by atoms with Gasteiger partial charge in [-0.05, 0) is 23.6 Å². The Morgan fingerprint density at radius 1 is 1.11 bits per heavy atom. The number of carbonyl (C=O) groups excluding carboxylic acids is 1. The summed E-state index contributed by atoms with van der Waals surface area (Å²) < 4.78 is 1.71. The summed E-state index contributed by atoms with van der Waals surface area (Å²) in [6.07, 6.45) is 3.37. The molecule has 0 N–H and O–H groups in total. The average Bonchev–Trinajstić information content (AvgIpc) is 3.10. The minimum absolute atomic E-state index is 0.0205. The number of nitrogens with zero attached hydrogens (tertiary/aromatic N) is 2. The molecule has 0 spiro atoms. The summed E-state index contributed by atoms with van der Waals surface area (Å²) in [5, 5.41) is 6.12. The van der Waals surface area contributed by atoms with Crippen molar-refractivity contribution in [1.82, 2.24) is 9.78 Å². The molecule has 0 aliphatic rings. The highest BCUT2D eigenvalue weighted by Crippen LogP contribution is 2.15. The molecule has 0 amide bonds. The first-order valence-corrected chi connectivity index (χ1v) is 6.41. The van der Waals surface area contributed by atoms with Crippen LogP contribution < -0.4 is 0 Å². The second kappa shape index (κ2) is 4.58. The van der Waals surface area contributed by atoms with Crippen molar-refractivity contribution in [2.75, 3.05) is 0 Å². The number of ketones is 1. The van der Waals surface area contributed by atoms with Crippen LogP contribution in [0.2, 0.25) is 0 Å². The van der Waals surface area contributed by atoms with E-state index in [0.717, 1.165) is 10.6 Å². The molecule has 0 atom stereocenters. The lowest BCUT2D eigenvalue weighted by Crippen LogP contribution is -1.97. The number of rotatable bonds is 3. The Bertz CT molecular complexity index is 656. The van der Waals surface area contributed by atoms with Gasteiger partial charge in [0, 0.05) is 6.20 Å². The summed E-state index contributed by atoms with van der Waals surface area (Å²) in [4.78, 5) is 12.8. The highest BCUT2D eigenvalue weighted by Gasteiger charge is 2.12. The van der Waals surface area contributed by atoms with E-state index in [0.29, 0.717) is 5.56 Å². The molecule has 0 bridgehead atoms. The molecule has 0 unspecified atom stereocenters. The third-order valence-electron chi connectivity index (χ3n) is 2.61. The zero-order chi connectivity index (χ0) is 12.4. The van der Waals surface area contributed by atoms with Gasteiger partial charge in [0.1, 0.15) is 0 Å². The summed E-state index contributed by atoms with van der Waals surface area (Å²) in [6.45, 7) is 0. The van der Waals surface area contributed by atoms with E-state index in [-0.39, 0.29) is 5.78 Å². The lowest BCUT2D eigenvalue weighted by molar-refractivity contribution is 0.104. The van der Waals surface area contributed by atoms with Crippen molar-refractivity contribution in [3.05, 3.63) is 70.7 Å². The number of hydrogen-bond donors (Lipinski definition) is 0. The van der Waals surface area contributed by atoms with Gasteiger partial charge in [0.25, 0.3) is 0 Å². The summed E-state index contributed by atoms with van der Waals surface area (Å²) in [6, 6.07) is 13.4. The number of aromatic nitrogens is 2. The van der Waals surface area contributed by atoms with Gasteiger partial charge >= 0.3 is 0 Å². The first kappa shape index (κ1) is 10.9. The SMILES string of the molecule is O=C(c1cnn(-c2ccccc2)c1)c1cccs1. The van der Waals surface area contributed by atoms with E-state index < -0.39 is 0 Å². The molecule has 3 rings (SSSR count). The van der Waals surface area contributed by atoms with Crippen LogP contribution in [-0.2, 0) is 0 Å². The molecule has 0 fully saturated rings. The molecule has 0 saturated carbocycles. The molecule has 1 aromatic carbocycles. The van der Waals surface area contributed by atoms with Gasteiger partial charge in [0.2, 0.25) is 5.78 Å². The van der Waals surface area contributed by atoms with Crippen molar-refractivity contribution in [2.24, 2.45) is 0 Å². The predicted octanol–water partition coefficient (Wildman–Crippen LogP) is 3.16. The molecule has 18 heavy (non-hydrogen) atoms. The van der Waals surface area contributed by atoms with E-state index in [1.54, 1.807) is 17.1 Å². The first-order chi connectivity index (χ1) is 8.84. The minimum atomic E-state index is 0.0205. The molecule has 2 aromatic heterocycles. The number of benzene rings is 1. The molecule has 3 aromatic rings. The Balaban J connectivity index is 1.93. The van der Waals surface area contributed by atoms with Gasteiger partial charge in [-0.3, -0.25) is 4.79 Å². The number of hydrogen-bond acceptors (Lipinski definition) is 3. The monoisotopic (exact) mass is 254 g/mol. The van der Waals surface area contributed by atoms with Crippen LogP contribution in [0.3, 0.4) is 0 Å². The zero-order valence-corrected chi connectivity index (χ0v) is 10.3. The van der Waals surface area contributed by atoms with E-state index in [4.69, 9.17) is 0 Å². The molecule has 0 aliphatic heterocycles. The maximum atomic E-state index is 12.1. The van der Waals surface area contributed by atoms with Crippen LogP contribution >= 0.6 is 11.3 Å². The fourth-order valence-corrected chi connectivity index (χ4v) is 2.40. The smallest absolute Gasteiger partial charge is 0.206 e. The van der Waals surface area contributed by atoms with Crippen LogP contribution in [0.1, 0.15) is 15.2 Å². The highest BCUT2D eigenvalue weighted by atomic mass is 32.1. The van der Waals surface area contributed by atoms with Crippen molar-refractivity contribution >= 4 is 17.1 Å². The van der Waals surface area contributed by atoms with E-state index in [9.17, 15) is 4.79 Å². The average molecular weight is 254 g/mol. The molecule has 2 heterocycles. The van der Waals surface area contributed by atoms with E-state index in [1.807, 2.05) is 47.8 Å². The van der Waals surface area contributed by atoms with Crippen LogP contribution in [0.4, 0.5) is 0 Å². The number of thiophene rings is 1. The Morgan fingerprint density at radius 3 is 2.67 bits per heavy atom. The van der Waals surface area contributed by atoms with E-state index in [2.05, 4.69) is 5.10 Å². The van der Waals surface area contributed by atoms with Crippen LogP contribution in [-0.4, -0.2) is 15.6 Å². The van der Waals surface area contributed by atoms with Gasteiger partial charge in [0.05, 0.1) is 22.3 Å².